The number of unbranched alkanes of at least 4 members (excludes halogenated alkanes) is 1. The zero-order valence-corrected chi connectivity index (χ0v) is 18.7. The van der Waals surface area contributed by atoms with Gasteiger partial charge in [0.25, 0.3) is 5.91 Å². The molecule has 3 amide bonds. The number of nitrogens with zero attached hydrogens (tertiary/aromatic N) is 1. The van der Waals surface area contributed by atoms with Crippen molar-refractivity contribution in [1.82, 2.24) is 9.69 Å². The first kappa shape index (κ1) is 23.0. The summed E-state index contributed by atoms with van der Waals surface area (Å²) in [4.78, 5) is 35.2. The molecule has 0 bridgehead atoms. The van der Waals surface area contributed by atoms with Gasteiger partial charge in [0.1, 0.15) is 16.9 Å². The molecule has 0 aliphatic carbocycles. The molecule has 0 saturated carbocycles. The number of benzene rings is 2. The number of aldehydes is 1. The van der Waals surface area contributed by atoms with Crippen molar-refractivity contribution in [3.8, 4) is 11.3 Å². The maximum atomic E-state index is 12.5. The molecular weight excluding hydrogens is 426 g/mol. The summed E-state index contributed by atoms with van der Waals surface area (Å²) in [7, 11) is 1.57. The van der Waals surface area contributed by atoms with E-state index in [1.54, 1.807) is 31.3 Å². The lowest BCUT2D eigenvalue weighted by atomic mass is 10.1. The van der Waals surface area contributed by atoms with Crippen LogP contribution in [0.5, 0.6) is 0 Å². The van der Waals surface area contributed by atoms with Gasteiger partial charge in [0.2, 0.25) is 0 Å². The molecule has 8 nitrogen and oxygen atoms in total. The number of hydrogen-bond donors (Lipinski definition) is 4. The monoisotopic (exact) mass is 451 g/mol. The molecule has 3 rings (SSSR count). The number of carbonyl (C=O) groups is 3. The van der Waals surface area contributed by atoms with Gasteiger partial charge in [-0.05, 0) is 49.1 Å². The fourth-order valence-electron chi connectivity index (χ4n) is 2.97. The van der Waals surface area contributed by atoms with Crippen LogP contribution in [0, 0.1) is 6.92 Å². The number of carbonyl (C=O) groups excluding carboxylic acids is 3. The molecule has 0 atom stereocenters. The highest BCUT2D eigenvalue weighted by Gasteiger charge is 2.21. The zero-order chi connectivity index (χ0) is 22.9. The molecule has 2 aromatic carbocycles. The number of anilines is 3. The molecule has 0 aliphatic heterocycles. The first-order valence-electron chi connectivity index (χ1n) is 10.2. The lowest BCUT2D eigenvalue weighted by Gasteiger charge is -2.09. The predicted octanol–water partition coefficient (Wildman–Crippen LogP) is 4.51. The highest BCUT2D eigenvalue weighted by Crippen LogP contribution is 2.33. The summed E-state index contributed by atoms with van der Waals surface area (Å²) < 4.78 is 4.46. The van der Waals surface area contributed by atoms with Crippen molar-refractivity contribution in [2.45, 2.75) is 19.8 Å². The number of nitrogens with one attached hydrogen (secondary N) is 4. The summed E-state index contributed by atoms with van der Waals surface area (Å²) in [6, 6.07) is 14.3. The molecule has 1 heterocycles. The van der Waals surface area contributed by atoms with E-state index >= 15 is 0 Å². The second-order valence-corrected chi connectivity index (χ2v) is 7.85. The Morgan fingerprint density at radius 3 is 2.22 bits per heavy atom. The number of amides is 3. The molecule has 0 radical (unpaired) electrons. The lowest BCUT2D eigenvalue weighted by molar-refractivity contribution is -0.107. The third-order valence-corrected chi connectivity index (χ3v) is 5.46. The van der Waals surface area contributed by atoms with Crippen molar-refractivity contribution in [1.29, 1.82) is 0 Å². The molecule has 32 heavy (non-hydrogen) atoms. The normalized spacial score (nSPS) is 10.3. The molecule has 3 aromatic rings. The summed E-state index contributed by atoms with van der Waals surface area (Å²) in [5.74, 6) is -0.244. The molecule has 0 aliphatic rings. The van der Waals surface area contributed by atoms with E-state index in [0.29, 0.717) is 47.0 Å². The summed E-state index contributed by atoms with van der Waals surface area (Å²) in [6.45, 7) is 2.55. The Hall–Kier alpha value is -3.72. The van der Waals surface area contributed by atoms with Crippen LogP contribution in [0.15, 0.2) is 48.5 Å². The van der Waals surface area contributed by atoms with Crippen LogP contribution in [0.1, 0.15) is 28.8 Å². The quantitative estimate of drug-likeness (QED) is 0.282. The molecular formula is C23H25N5O3S. The minimum absolute atomic E-state index is 0.244. The van der Waals surface area contributed by atoms with E-state index in [0.717, 1.165) is 17.4 Å². The van der Waals surface area contributed by atoms with Crippen molar-refractivity contribution in [2.75, 3.05) is 29.5 Å². The van der Waals surface area contributed by atoms with Gasteiger partial charge < -0.3 is 26.1 Å². The van der Waals surface area contributed by atoms with Crippen LogP contribution >= 0.6 is 11.5 Å². The smallest absolute Gasteiger partial charge is 0.323 e. The predicted molar refractivity (Wildman–Crippen MR) is 129 cm³/mol. The van der Waals surface area contributed by atoms with Gasteiger partial charge in [0, 0.05) is 37.0 Å². The second-order valence-electron chi connectivity index (χ2n) is 7.07. The van der Waals surface area contributed by atoms with Crippen molar-refractivity contribution < 1.29 is 14.4 Å². The summed E-state index contributed by atoms with van der Waals surface area (Å²) >= 11 is 1.20. The van der Waals surface area contributed by atoms with Gasteiger partial charge >= 0.3 is 6.03 Å². The van der Waals surface area contributed by atoms with Gasteiger partial charge in [0.15, 0.2) is 0 Å². The average Bonchev–Trinajstić information content (AvgIpc) is 3.22. The van der Waals surface area contributed by atoms with E-state index in [4.69, 9.17) is 0 Å². The Balaban J connectivity index is 1.71. The second kappa shape index (κ2) is 11.1. The SMILES string of the molecule is CNC(=O)c1c(-c2ccc(NC(=O)Nc3ccc(C)cc3)cc2)nsc1NCCCC=O. The molecule has 1 aromatic heterocycles. The van der Waals surface area contributed by atoms with Crippen molar-refractivity contribution >= 4 is 46.1 Å². The average molecular weight is 452 g/mol. The van der Waals surface area contributed by atoms with Gasteiger partial charge in [-0.25, -0.2) is 4.79 Å². The molecule has 0 saturated heterocycles. The molecule has 4 N–H and O–H groups in total. The Labute approximate surface area is 190 Å². The van der Waals surface area contributed by atoms with Crippen LogP contribution < -0.4 is 21.3 Å². The molecule has 9 heteroatoms. The summed E-state index contributed by atoms with van der Waals surface area (Å²) in [5.41, 5.74) is 4.21. The third-order valence-electron chi connectivity index (χ3n) is 4.66. The number of aryl methyl sites for hydroxylation is 1. The van der Waals surface area contributed by atoms with Crippen LogP contribution in [0.25, 0.3) is 11.3 Å². The van der Waals surface area contributed by atoms with Gasteiger partial charge in [-0.15, -0.1) is 0 Å². The Morgan fingerprint density at radius 2 is 1.62 bits per heavy atom. The van der Waals surface area contributed by atoms with Gasteiger partial charge in [-0.1, -0.05) is 29.8 Å². The van der Waals surface area contributed by atoms with Crippen LogP contribution in [0.2, 0.25) is 0 Å². The largest absolute Gasteiger partial charge is 0.375 e. The standard InChI is InChI=1S/C23H25N5O3S/c1-15-5-9-17(10-6-15)26-23(31)27-18-11-7-16(8-12-18)20-19(21(30)24-2)22(32-28-20)25-13-3-4-14-29/h5-12,14,25H,3-4,13H2,1-2H3,(H,24,30)(H2,26,27,31). The Bertz CT molecular complexity index is 1080. The Kier molecular flexibility index (Phi) is 7.93. The van der Waals surface area contributed by atoms with Gasteiger partial charge in [-0.3, -0.25) is 4.79 Å². The molecule has 0 fully saturated rings. The topological polar surface area (TPSA) is 112 Å². The van der Waals surface area contributed by atoms with E-state index in [9.17, 15) is 14.4 Å². The minimum atomic E-state index is -0.344. The first-order valence-corrected chi connectivity index (χ1v) is 10.9. The van der Waals surface area contributed by atoms with Crippen molar-refractivity contribution in [2.24, 2.45) is 0 Å². The van der Waals surface area contributed by atoms with E-state index < -0.39 is 0 Å². The lowest BCUT2D eigenvalue weighted by Crippen LogP contribution is -2.20. The molecule has 0 spiro atoms. The van der Waals surface area contributed by atoms with Crippen LogP contribution in [0.4, 0.5) is 21.2 Å². The van der Waals surface area contributed by atoms with E-state index in [2.05, 4.69) is 25.6 Å². The number of hydrogen-bond acceptors (Lipinski definition) is 6. The highest BCUT2D eigenvalue weighted by atomic mass is 32.1. The fourth-order valence-corrected chi connectivity index (χ4v) is 3.80. The zero-order valence-electron chi connectivity index (χ0n) is 17.9. The van der Waals surface area contributed by atoms with Crippen LogP contribution in [-0.2, 0) is 4.79 Å². The number of rotatable bonds is 9. The minimum Gasteiger partial charge on any atom is -0.375 e. The number of urea groups is 1. The maximum absolute atomic E-state index is 12.5. The summed E-state index contributed by atoms with van der Waals surface area (Å²) in [5, 5.41) is 12.1. The molecule has 0 unspecified atom stereocenters. The van der Waals surface area contributed by atoms with Gasteiger partial charge in [0.05, 0.1) is 5.69 Å². The maximum Gasteiger partial charge on any atom is 0.323 e. The third kappa shape index (κ3) is 5.92. The fraction of sp³-hybridized carbons (Fsp3) is 0.217. The first-order chi connectivity index (χ1) is 15.5. The van der Waals surface area contributed by atoms with Crippen molar-refractivity contribution in [3.63, 3.8) is 0 Å². The van der Waals surface area contributed by atoms with Crippen LogP contribution in [0.3, 0.4) is 0 Å². The van der Waals surface area contributed by atoms with E-state index in [1.165, 1.54) is 11.5 Å². The molecule has 166 valence electrons. The number of aromatic nitrogens is 1. The van der Waals surface area contributed by atoms with E-state index in [-0.39, 0.29) is 11.9 Å². The van der Waals surface area contributed by atoms with Crippen molar-refractivity contribution in [3.05, 3.63) is 59.7 Å². The summed E-state index contributed by atoms with van der Waals surface area (Å²) in [6.07, 6.45) is 2.00. The highest BCUT2D eigenvalue weighted by molar-refractivity contribution is 7.11. The van der Waals surface area contributed by atoms with Gasteiger partial charge in [-0.2, -0.15) is 4.37 Å². The van der Waals surface area contributed by atoms with E-state index in [1.807, 2.05) is 31.2 Å². The Morgan fingerprint density at radius 1 is 1.00 bits per heavy atom. The van der Waals surface area contributed by atoms with Crippen LogP contribution in [-0.4, -0.2) is 36.2 Å².